The zero-order valence-corrected chi connectivity index (χ0v) is 36.0. The van der Waals surface area contributed by atoms with Gasteiger partial charge in [-0.25, -0.2) is 4.98 Å². The Bertz CT molecular complexity index is 1890. The molecule has 14 heteroatoms. The highest BCUT2D eigenvalue weighted by atomic mass is 16.2. The molecule has 3 aliphatic rings. The molecule has 1 saturated heterocycles. The van der Waals surface area contributed by atoms with Crippen LogP contribution >= 0.6 is 0 Å². The van der Waals surface area contributed by atoms with Crippen LogP contribution in [0, 0.1) is 11.8 Å². The number of amides is 3. The topological polar surface area (TPSA) is 231 Å². The van der Waals surface area contributed by atoms with Gasteiger partial charge in [-0.15, -0.1) is 0 Å². The molecule has 14 nitrogen and oxygen atoms in total. The van der Waals surface area contributed by atoms with Gasteiger partial charge in [0, 0.05) is 6.54 Å². The Balaban J connectivity index is 1.37. The van der Waals surface area contributed by atoms with Gasteiger partial charge in [0.1, 0.15) is 11.9 Å². The number of likely N-dealkylation sites (N-methyl/N-ethyl adjacent to an activating group) is 1. The van der Waals surface area contributed by atoms with Gasteiger partial charge in [-0.1, -0.05) is 107 Å². The van der Waals surface area contributed by atoms with Crippen LogP contribution in [0.15, 0.2) is 54.6 Å². The highest BCUT2D eigenvalue weighted by molar-refractivity contribution is 6.18. The number of H-pyrrole nitrogens is 1. The van der Waals surface area contributed by atoms with E-state index in [1.807, 2.05) is 36.4 Å². The number of likely N-dealkylation sites (tertiary alicyclic amines) is 1. The number of hydrogen-bond donors (Lipinski definition) is 7. The lowest BCUT2D eigenvalue weighted by Crippen LogP contribution is -2.68. The molecule has 0 radical (unpaired) electrons. The average molecular weight is 840 g/mol. The number of nitrogens with one attached hydrogen (secondary N) is 4. The van der Waals surface area contributed by atoms with Crippen LogP contribution in [0.2, 0.25) is 0 Å². The monoisotopic (exact) mass is 840 g/mol. The molecule has 10 N–H and O–H groups in total. The first-order chi connectivity index (χ1) is 29.5. The van der Waals surface area contributed by atoms with Crippen LogP contribution in [0.5, 0.6) is 0 Å². The number of unbranched alkanes of at least 4 members (excludes halogenated alkanes) is 1. The molecular formula is C47H69N9O5. The molecule has 0 bridgehead atoms. The molecule has 2 saturated carbocycles. The highest BCUT2D eigenvalue weighted by Crippen LogP contribution is 2.35. The van der Waals surface area contributed by atoms with Crippen molar-refractivity contribution in [2.24, 2.45) is 29.0 Å². The minimum atomic E-state index is -2.38. The number of carbonyl (C=O) groups excluding carboxylic acids is 5. The van der Waals surface area contributed by atoms with Crippen molar-refractivity contribution in [1.82, 2.24) is 30.8 Å². The first kappa shape index (κ1) is 46.0. The number of rotatable bonds is 21. The van der Waals surface area contributed by atoms with Crippen LogP contribution in [-0.4, -0.2) is 94.5 Å². The average Bonchev–Trinajstić information content (AvgIpc) is 3.96. The van der Waals surface area contributed by atoms with Gasteiger partial charge in [0.25, 0.3) is 0 Å². The Morgan fingerprint density at radius 3 is 2.07 bits per heavy atom. The zero-order valence-electron chi connectivity index (χ0n) is 36.0. The molecule has 2 heterocycles. The van der Waals surface area contributed by atoms with Crippen LogP contribution in [0.25, 0.3) is 11.0 Å². The fourth-order valence-corrected chi connectivity index (χ4v) is 9.95. The number of benzene rings is 2. The maximum absolute atomic E-state index is 15.8. The zero-order chi connectivity index (χ0) is 43.4. The third-order valence-corrected chi connectivity index (χ3v) is 13.4. The standard InChI is InChI=1S/C47H69N9O5/c1-51-39(30-33-20-9-4-10-21-33)44(60)52-38(24-13-14-26-48)45(61)56-27-15-25-40(56)42(58)47(46-53-36-22-11-12-23-37(36)54-46,41(57)34(49)28-31-16-5-2-6-17-31)55-43(59)35(50)29-32-18-7-3-8-19-32/h4,9-12,20-23,31-32,34-35,38-40,51H,2-3,5-8,13-19,24-30,48-50H2,1H3,(H,52,60)(H,53,54)(H,55,59)/t34-,35+,38+,39+,40+,47?/m1/s1. The number of aromatic amines is 1. The quantitative estimate of drug-likeness (QED) is 0.0601. The lowest BCUT2D eigenvalue weighted by atomic mass is 9.76. The van der Waals surface area contributed by atoms with Crippen molar-refractivity contribution in [3.8, 4) is 0 Å². The number of ketones is 2. The fourth-order valence-electron chi connectivity index (χ4n) is 9.95. The van der Waals surface area contributed by atoms with Gasteiger partial charge in [0.2, 0.25) is 23.3 Å². The molecule has 6 atom stereocenters. The van der Waals surface area contributed by atoms with E-state index in [0.717, 1.165) is 69.8 Å². The Kier molecular flexibility index (Phi) is 16.6. The molecule has 1 aromatic heterocycles. The number of imidazole rings is 1. The first-order valence-electron chi connectivity index (χ1n) is 22.9. The molecule has 1 aliphatic heterocycles. The van der Waals surface area contributed by atoms with E-state index >= 15 is 9.59 Å². The third-order valence-electron chi connectivity index (χ3n) is 13.4. The minimum absolute atomic E-state index is 0.0501. The van der Waals surface area contributed by atoms with Crippen molar-refractivity contribution in [3.05, 3.63) is 66.0 Å². The summed E-state index contributed by atoms with van der Waals surface area (Å²) in [4.78, 5) is 84.0. The van der Waals surface area contributed by atoms with Gasteiger partial charge in [0.05, 0.1) is 35.2 Å². The molecule has 61 heavy (non-hydrogen) atoms. The van der Waals surface area contributed by atoms with Crippen molar-refractivity contribution < 1.29 is 24.0 Å². The van der Waals surface area contributed by atoms with Crippen molar-refractivity contribution in [2.75, 3.05) is 20.1 Å². The van der Waals surface area contributed by atoms with Crippen molar-refractivity contribution in [2.45, 2.75) is 151 Å². The molecule has 3 fully saturated rings. The Morgan fingerprint density at radius 1 is 0.787 bits per heavy atom. The number of hydrogen-bond acceptors (Lipinski definition) is 10. The van der Waals surface area contributed by atoms with E-state index in [-0.39, 0.29) is 36.5 Å². The van der Waals surface area contributed by atoms with E-state index < -0.39 is 59.1 Å². The summed E-state index contributed by atoms with van der Waals surface area (Å²) < 4.78 is 0. The molecule has 332 valence electrons. The fraction of sp³-hybridized carbons (Fsp3) is 0.617. The van der Waals surface area contributed by atoms with Crippen molar-refractivity contribution in [1.29, 1.82) is 0 Å². The van der Waals surface area contributed by atoms with E-state index in [2.05, 4.69) is 20.9 Å². The summed E-state index contributed by atoms with van der Waals surface area (Å²) in [7, 11) is 1.70. The Labute approximate surface area is 360 Å². The second-order valence-corrected chi connectivity index (χ2v) is 17.8. The van der Waals surface area contributed by atoms with Crippen LogP contribution < -0.4 is 33.2 Å². The van der Waals surface area contributed by atoms with E-state index in [1.54, 1.807) is 25.2 Å². The summed E-state index contributed by atoms with van der Waals surface area (Å²) >= 11 is 0. The molecule has 6 rings (SSSR count). The third kappa shape index (κ3) is 11.3. The lowest BCUT2D eigenvalue weighted by Gasteiger charge is -2.38. The largest absolute Gasteiger partial charge is 0.343 e. The second-order valence-electron chi connectivity index (χ2n) is 17.8. The number of carbonyl (C=O) groups is 5. The number of aromatic nitrogens is 2. The highest BCUT2D eigenvalue weighted by Gasteiger charge is 2.57. The maximum atomic E-state index is 15.8. The van der Waals surface area contributed by atoms with Gasteiger partial charge in [0.15, 0.2) is 11.6 Å². The van der Waals surface area contributed by atoms with Gasteiger partial charge >= 0.3 is 0 Å². The number of Topliss-reactive ketones (excluding diaryl/α,β-unsaturated/α-hetero) is 2. The summed E-state index contributed by atoms with van der Waals surface area (Å²) in [5.74, 6) is -2.41. The Morgan fingerprint density at radius 2 is 1.43 bits per heavy atom. The summed E-state index contributed by atoms with van der Waals surface area (Å²) in [5, 5.41) is 9.03. The predicted molar refractivity (Wildman–Crippen MR) is 237 cm³/mol. The summed E-state index contributed by atoms with van der Waals surface area (Å²) in [6.07, 6.45) is 13.6. The van der Waals surface area contributed by atoms with Gasteiger partial charge < -0.3 is 43.0 Å². The number of nitrogens with zero attached hydrogens (tertiary/aromatic N) is 2. The Hall–Kier alpha value is -4.50. The van der Waals surface area contributed by atoms with Crippen LogP contribution in [0.1, 0.15) is 121 Å². The second kappa shape index (κ2) is 22.0. The normalized spacial score (nSPS) is 20.7. The van der Waals surface area contributed by atoms with Crippen LogP contribution in [-0.2, 0) is 35.9 Å². The van der Waals surface area contributed by atoms with E-state index in [1.165, 1.54) is 4.90 Å². The van der Waals surface area contributed by atoms with E-state index in [4.69, 9.17) is 22.2 Å². The summed E-state index contributed by atoms with van der Waals surface area (Å²) in [5.41, 5.74) is 19.1. The lowest BCUT2D eigenvalue weighted by molar-refractivity contribution is -0.149. The maximum Gasteiger partial charge on any atom is 0.245 e. The number of nitrogens with two attached hydrogens (primary N) is 3. The molecule has 1 unspecified atom stereocenters. The number of para-hydroxylation sites is 2. The summed E-state index contributed by atoms with van der Waals surface area (Å²) in [6.45, 7) is 0.629. The minimum Gasteiger partial charge on any atom is -0.343 e. The predicted octanol–water partition coefficient (Wildman–Crippen LogP) is 4.04. The van der Waals surface area contributed by atoms with Crippen molar-refractivity contribution in [3.63, 3.8) is 0 Å². The smallest absolute Gasteiger partial charge is 0.245 e. The van der Waals surface area contributed by atoms with E-state index in [9.17, 15) is 14.4 Å². The first-order valence-corrected chi connectivity index (χ1v) is 22.9. The molecule has 3 aromatic rings. The number of fused-ring (bicyclic) bond motifs is 1. The molecule has 0 spiro atoms. The van der Waals surface area contributed by atoms with Gasteiger partial charge in [-0.2, -0.15) is 0 Å². The molecular weight excluding hydrogens is 771 g/mol. The van der Waals surface area contributed by atoms with Crippen molar-refractivity contribution >= 4 is 40.3 Å². The van der Waals surface area contributed by atoms with Gasteiger partial charge in [-0.05, 0) is 94.5 Å². The van der Waals surface area contributed by atoms with Crippen LogP contribution in [0.3, 0.4) is 0 Å². The SMILES string of the molecule is CN[C@@H](Cc1ccccc1)C(=O)N[C@@H](CCCCN)C(=O)N1CCC[C@H]1C(=O)C(NC(=O)[C@@H](N)CC1CCCCC1)(C(=O)[C@H](N)CC1CCCCC1)c1nc2ccccc2[nH]1. The summed E-state index contributed by atoms with van der Waals surface area (Å²) in [6, 6.07) is 12.0. The molecule has 3 amide bonds. The molecule has 2 aromatic carbocycles. The molecule has 2 aliphatic carbocycles. The van der Waals surface area contributed by atoms with Crippen LogP contribution in [0.4, 0.5) is 0 Å². The van der Waals surface area contributed by atoms with E-state index in [0.29, 0.717) is 62.5 Å². The van der Waals surface area contributed by atoms with Gasteiger partial charge in [-0.3, -0.25) is 24.0 Å².